The molecule has 0 bridgehead atoms. The Balaban J connectivity index is 1.90. The first-order chi connectivity index (χ1) is 10.0. The second kappa shape index (κ2) is 5.61. The fraction of sp³-hybridized carbons (Fsp3) is 0.625. The van der Waals surface area contributed by atoms with Crippen molar-refractivity contribution in [3.05, 3.63) is 29.3 Å². The molecule has 0 N–H and O–H groups in total. The number of methoxy groups -OCH3 is 1. The van der Waals surface area contributed by atoms with Crippen LogP contribution >= 0.6 is 0 Å². The Kier molecular flexibility index (Phi) is 3.97. The van der Waals surface area contributed by atoms with Crippen molar-refractivity contribution < 1.29 is 13.2 Å². The van der Waals surface area contributed by atoms with Gasteiger partial charge in [0.25, 0.3) is 0 Å². The van der Waals surface area contributed by atoms with Crippen molar-refractivity contribution in [2.24, 2.45) is 0 Å². The second-order valence-corrected chi connectivity index (χ2v) is 8.22. The van der Waals surface area contributed by atoms with Gasteiger partial charge in [-0.05, 0) is 49.4 Å². The van der Waals surface area contributed by atoms with E-state index >= 15 is 0 Å². The summed E-state index contributed by atoms with van der Waals surface area (Å²) in [4.78, 5) is 0. The van der Waals surface area contributed by atoms with E-state index < -0.39 is 10.0 Å². The molecule has 1 unspecified atom stereocenters. The maximum Gasteiger partial charge on any atom is 0.217 e. The predicted molar refractivity (Wildman–Crippen MR) is 83.0 cm³/mol. The predicted octanol–water partition coefficient (Wildman–Crippen LogP) is 2.89. The molecule has 4 nitrogen and oxygen atoms in total. The number of hydrogen-bond acceptors (Lipinski definition) is 3. The molecular weight excluding hydrogens is 286 g/mol. The minimum Gasteiger partial charge on any atom is -0.497 e. The highest BCUT2D eigenvalue weighted by Crippen LogP contribution is 2.37. The van der Waals surface area contributed by atoms with Crippen molar-refractivity contribution in [3.8, 4) is 5.75 Å². The van der Waals surface area contributed by atoms with Gasteiger partial charge in [0, 0.05) is 12.6 Å². The lowest BCUT2D eigenvalue weighted by Gasteiger charge is -2.36. The van der Waals surface area contributed by atoms with E-state index in [9.17, 15) is 8.42 Å². The number of benzene rings is 1. The first-order valence-electron chi connectivity index (χ1n) is 7.71. The van der Waals surface area contributed by atoms with E-state index in [-0.39, 0.29) is 11.3 Å². The summed E-state index contributed by atoms with van der Waals surface area (Å²) < 4.78 is 32.6. The lowest BCUT2D eigenvalue weighted by Crippen LogP contribution is -2.43. The summed E-state index contributed by atoms with van der Waals surface area (Å²) in [6, 6.07) is 5.88. The lowest BCUT2D eigenvalue weighted by molar-refractivity contribution is 0.320. The van der Waals surface area contributed by atoms with Crippen LogP contribution in [0.15, 0.2) is 18.2 Å². The van der Waals surface area contributed by atoms with Crippen molar-refractivity contribution in [3.63, 3.8) is 0 Å². The summed E-state index contributed by atoms with van der Waals surface area (Å²) in [6.07, 6.45) is 4.49. The molecule has 1 fully saturated rings. The summed E-state index contributed by atoms with van der Waals surface area (Å²) in [5, 5.41) is -0.167. The molecule has 1 aromatic rings. The van der Waals surface area contributed by atoms with Crippen LogP contribution in [0.4, 0.5) is 0 Å². The Labute approximate surface area is 127 Å². The molecule has 5 heteroatoms. The first kappa shape index (κ1) is 14.9. The Bertz CT molecular complexity index is 620. The van der Waals surface area contributed by atoms with E-state index in [1.807, 2.05) is 25.1 Å². The van der Waals surface area contributed by atoms with Crippen LogP contribution < -0.4 is 4.74 Å². The molecule has 1 atom stereocenters. The Morgan fingerprint density at radius 2 is 1.95 bits per heavy atom. The van der Waals surface area contributed by atoms with Crippen LogP contribution in [0.2, 0.25) is 0 Å². The lowest BCUT2D eigenvalue weighted by atomic mass is 9.95. The highest BCUT2D eigenvalue weighted by atomic mass is 32.2. The largest absolute Gasteiger partial charge is 0.497 e. The Morgan fingerprint density at radius 1 is 1.24 bits per heavy atom. The van der Waals surface area contributed by atoms with Gasteiger partial charge in [-0.2, -0.15) is 4.31 Å². The molecule has 0 radical (unpaired) electrons. The summed E-state index contributed by atoms with van der Waals surface area (Å²) in [5.74, 6) is 0.841. The number of hydrogen-bond donors (Lipinski definition) is 0. The Hall–Kier alpha value is -1.07. The average Bonchev–Trinajstić information content (AvgIpc) is 3.02. The van der Waals surface area contributed by atoms with E-state index in [1.165, 1.54) is 5.56 Å². The van der Waals surface area contributed by atoms with Crippen LogP contribution in [0, 0.1) is 0 Å². The zero-order chi connectivity index (χ0) is 15.0. The molecule has 1 heterocycles. The van der Waals surface area contributed by atoms with Gasteiger partial charge >= 0.3 is 0 Å². The van der Waals surface area contributed by atoms with Crippen LogP contribution in [-0.4, -0.2) is 31.6 Å². The normalized spacial score (nSPS) is 24.0. The number of rotatable bonds is 3. The maximum atomic E-state index is 12.8. The third-order valence-electron chi connectivity index (χ3n) is 4.88. The molecular formula is C16H23NO3S. The van der Waals surface area contributed by atoms with Crippen molar-refractivity contribution in [2.75, 3.05) is 13.7 Å². The SMILES string of the molecule is COc1ccc2c(c1)CCN(S(=O)(=O)C1CCCC1)C2C. The van der Waals surface area contributed by atoms with E-state index in [0.29, 0.717) is 6.54 Å². The van der Waals surface area contributed by atoms with Crippen molar-refractivity contribution in [2.45, 2.75) is 50.3 Å². The molecule has 1 aliphatic carbocycles. The molecule has 116 valence electrons. The summed E-state index contributed by atoms with van der Waals surface area (Å²) in [7, 11) is -1.51. The highest BCUT2D eigenvalue weighted by molar-refractivity contribution is 7.89. The number of nitrogens with zero attached hydrogens (tertiary/aromatic N) is 1. The number of ether oxygens (including phenoxy) is 1. The van der Waals surface area contributed by atoms with Crippen molar-refractivity contribution >= 4 is 10.0 Å². The van der Waals surface area contributed by atoms with Gasteiger partial charge in [-0.15, -0.1) is 0 Å². The van der Waals surface area contributed by atoms with E-state index in [1.54, 1.807) is 11.4 Å². The van der Waals surface area contributed by atoms with Crippen LogP contribution in [0.5, 0.6) is 5.75 Å². The van der Waals surface area contributed by atoms with E-state index in [2.05, 4.69) is 0 Å². The van der Waals surface area contributed by atoms with Crippen molar-refractivity contribution in [1.29, 1.82) is 0 Å². The standard InChI is InChI=1S/C16H23NO3S/c1-12-16-8-7-14(20-2)11-13(16)9-10-17(12)21(18,19)15-5-3-4-6-15/h7-8,11-12,15H,3-6,9-10H2,1-2H3. The molecule has 1 aliphatic heterocycles. The summed E-state index contributed by atoms with van der Waals surface area (Å²) >= 11 is 0. The molecule has 1 saturated carbocycles. The summed E-state index contributed by atoms with van der Waals surface area (Å²) in [5.41, 5.74) is 2.32. The van der Waals surface area contributed by atoms with Gasteiger partial charge in [-0.3, -0.25) is 0 Å². The van der Waals surface area contributed by atoms with Crippen LogP contribution in [-0.2, 0) is 16.4 Å². The molecule has 0 spiro atoms. The minimum absolute atomic E-state index is 0.0785. The highest BCUT2D eigenvalue weighted by Gasteiger charge is 2.39. The van der Waals surface area contributed by atoms with Crippen molar-refractivity contribution in [1.82, 2.24) is 4.31 Å². The van der Waals surface area contributed by atoms with Gasteiger partial charge in [0.15, 0.2) is 0 Å². The van der Waals surface area contributed by atoms with Gasteiger partial charge in [0.1, 0.15) is 5.75 Å². The first-order valence-corrected chi connectivity index (χ1v) is 9.22. The molecule has 0 amide bonds. The van der Waals surface area contributed by atoms with Gasteiger partial charge in [0.2, 0.25) is 10.0 Å². The minimum atomic E-state index is -3.17. The van der Waals surface area contributed by atoms with Gasteiger partial charge in [0.05, 0.1) is 12.4 Å². The zero-order valence-electron chi connectivity index (χ0n) is 12.7. The van der Waals surface area contributed by atoms with E-state index in [4.69, 9.17) is 4.74 Å². The topological polar surface area (TPSA) is 46.6 Å². The third-order valence-corrected chi connectivity index (χ3v) is 7.35. The van der Waals surface area contributed by atoms with Gasteiger partial charge in [-0.25, -0.2) is 8.42 Å². The molecule has 3 rings (SSSR count). The molecule has 2 aliphatic rings. The molecule has 1 aromatic carbocycles. The van der Waals surface area contributed by atoms with Crippen LogP contribution in [0.1, 0.15) is 49.8 Å². The van der Waals surface area contributed by atoms with E-state index in [0.717, 1.165) is 43.4 Å². The van der Waals surface area contributed by atoms with Crippen LogP contribution in [0.25, 0.3) is 0 Å². The Morgan fingerprint density at radius 3 is 2.62 bits per heavy atom. The number of fused-ring (bicyclic) bond motifs is 1. The molecule has 0 saturated heterocycles. The van der Waals surface area contributed by atoms with Gasteiger partial charge < -0.3 is 4.74 Å². The zero-order valence-corrected chi connectivity index (χ0v) is 13.5. The van der Waals surface area contributed by atoms with Crippen LogP contribution in [0.3, 0.4) is 0 Å². The number of sulfonamides is 1. The monoisotopic (exact) mass is 309 g/mol. The maximum absolute atomic E-state index is 12.8. The fourth-order valence-electron chi connectivity index (χ4n) is 3.64. The fourth-order valence-corrected chi connectivity index (χ4v) is 5.85. The quantitative estimate of drug-likeness (QED) is 0.862. The molecule has 0 aromatic heterocycles. The average molecular weight is 309 g/mol. The third kappa shape index (κ3) is 2.57. The molecule has 21 heavy (non-hydrogen) atoms. The second-order valence-electron chi connectivity index (χ2n) is 6.05. The smallest absolute Gasteiger partial charge is 0.217 e. The summed E-state index contributed by atoms with van der Waals surface area (Å²) in [6.45, 7) is 2.58. The van der Waals surface area contributed by atoms with Gasteiger partial charge in [-0.1, -0.05) is 18.9 Å².